The van der Waals surface area contributed by atoms with Gasteiger partial charge in [0.1, 0.15) is 0 Å². The van der Waals surface area contributed by atoms with E-state index >= 15 is 0 Å². The smallest absolute Gasteiger partial charge is 0.423 e. The first kappa shape index (κ1) is 24.2. The maximum atomic E-state index is 13.4. The zero-order valence-electron chi connectivity index (χ0n) is 19.7. The fraction of sp³-hybridized carbons (Fsp3) is 0.346. The van der Waals surface area contributed by atoms with Crippen LogP contribution in [-0.2, 0) is 23.9 Å². The number of hydrogen-bond acceptors (Lipinski definition) is 8. The molecule has 4 aliphatic rings. The van der Waals surface area contributed by atoms with Crippen molar-refractivity contribution in [2.75, 3.05) is 14.2 Å². The van der Waals surface area contributed by atoms with Gasteiger partial charge in [0.05, 0.1) is 30.5 Å². The molecular formula is C26H22BrNO8. The number of rotatable bonds is 2. The minimum Gasteiger partial charge on any atom is -0.503 e. The topological polar surface area (TPSA) is 127 Å². The molecule has 0 bridgehead atoms. The number of likely N-dealkylation sites (tertiary alicyclic amines) is 1. The third kappa shape index (κ3) is 3.31. The number of benzene rings is 1. The lowest BCUT2D eigenvalue weighted by atomic mass is 9.59. The van der Waals surface area contributed by atoms with Crippen LogP contribution in [0.25, 0.3) is 0 Å². The van der Waals surface area contributed by atoms with Gasteiger partial charge in [-0.25, -0.2) is 4.79 Å². The number of imide groups is 3. The average Bonchev–Trinajstić information content (AvgIpc) is 3.12. The molecule has 1 N–H and O–H groups in total. The molecule has 4 atom stereocenters. The second-order valence-corrected chi connectivity index (χ2v) is 10.1. The van der Waals surface area contributed by atoms with E-state index in [0.717, 1.165) is 12.7 Å². The predicted molar refractivity (Wildman–Crippen MR) is 128 cm³/mol. The van der Waals surface area contributed by atoms with Gasteiger partial charge in [-0.3, -0.25) is 19.2 Å². The molecule has 1 aromatic rings. The highest BCUT2D eigenvalue weighted by Gasteiger charge is 2.58. The molecule has 0 unspecified atom stereocenters. The van der Waals surface area contributed by atoms with Gasteiger partial charge in [-0.05, 0) is 65.4 Å². The molecule has 0 radical (unpaired) electrons. The number of halogens is 1. The Morgan fingerprint density at radius 1 is 1.11 bits per heavy atom. The number of phenolic OH excluding ortho intramolecular Hbond substituents is 1. The highest BCUT2D eigenvalue weighted by atomic mass is 79.9. The Morgan fingerprint density at radius 3 is 2.50 bits per heavy atom. The van der Waals surface area contributed by atoms with Crippen LogP contribution < -0.4 is 4.74 Å². The summed E-state index contributed by atoms with van der Waals surface area (Å²) in [6, 6.07) is 3.24. The van der Waals surface area contributed by atoms with E-state index in [1.165, 1.54) is 13.2 Å². The van der Waals surface area contributed by atoms with Gasteiger partial charge < -0.3 is 14.6 Å². The number of amides is 3. The van der Waals surface area contributed by atoms with E-state index in [1.54, 1.807) is 19.1 Å². The number of carbonyl (C=O) groups is 5. The number of allylic oxidation sites excluding steroid dienone is 6. The lowest BCUT2D eigenvalue weighted by Gasteiger charge is -2.42. The van der Waals surface area contributed by atoms with Crippen LogP contribution in [-0.4, -0.2) is 53.7 Å². The quantitative estimate of drug-likeness (QED) is 0.334. The van der Waals surface area contributed by atoms with Gasteiger partial charge in [0.25, 0.3) is 0 Å². The molecule has 186 valence electrons. The van der Waals surface area contributed by atoms with Crippen LogP contribution in [0.5, 0.6) is 11.5 Å². The highest BCUT2D eigenvalue weighted by molar-refractivity contribution is 9.10. The lowest BCUT2D eigenvalue weighted by Crippen LogP contribution is -2.40. The first-order valence-electron chi connectivity index (χ1n) is 11.3. The summed E-state index contributed by atoms with van der Waals surface area (Å²) in [5.74, 6) is -4.76. The lowest BCUT2D eigenvalue weighted by molar-refractivity contribution is -0.137. The van der Waals surface area contributed by atoms with Crippen molar-refractivity contribution in [3.05, 3.63) is 56.6 Å². The molecule has 3 amide bonds. The Kier molecular flexibility index (Phi) is 5.74. The minimum atomic E-state index is -1.04. The Hall–Kier alpha value is -3.53. The molecule has 3 aliphatic carbocycles. The largest absolute Gasteiger partial charge is 0.503 e. The highest BCUT2D eigenvalue weighted by Crippen LogP contribution is 2.56. The Morgan fingerprint density at radius 2 is 1.83 bits per heavy atom. The van der Waals surface area contributed by atoms with Crippen molar-refractivity contribution in [3.8, 4) is 11.5 Å². The van der Waals surface area contributed by atoms with Crippen molar-refractivity contribution in [2.45, 2.75) is 25.7 Å². The first-order valence-corrected chi connectivity index (χ1v) is 12.1. The summed E-state index contributed by atoms with van der Waals surface area (Å²) in [4.78, 5) is 65.6. The summed E-state index contributed by atoms with van der Waals surface area (Å²) < 4.78 is 10.3. The van der Waals surface area contributed by atoms with Gasteiger partial charge in [0.15, 0.2) is 23.1 Å². The monoisotopic (exact) mass is 555 g/mol. The second-order valence-electron chi connectivity index (χ2n) is 9.26. The van der Waals surface area contributed by atoms with Gasteiger partial charge in [-0.2, -0.15) is 4.90 Å². The van der Waals surface area contributed by atoms with E-state index in [4.69, 9.17) is 4.74 Å². The summed E-state index contributed by atoms with van der Waals surface area (Å²) in [6.45, 7) is 1.57. The van der Waals surface area contributed by atoms with Crippen LogP contribution in [0.4, 0.5) is 4.79 Å². The van der Waals surface area contributed by atoms with E-state index in [0.29, 0.717) is 31.7 Å². The number of phenols is 1. The van der Waals surface area contributed by atoms with Gasteiger partial charge in [0, 0.05) is 22.6 Å². The van der Waals surface area contributed by atoms with Crippen molar-refractivity contribution >= 4 is 45.4 Å². The molecule has 1 aromatic carbocycles. The molecule has 5 rings (SSSR count). The SMILES string of the molecule is COC(=O)N1C(=O)[C@H]2[C@H](CC=C3[C@H](c4cc(Br)c(O)c(OC)c4)C4=C(C[C@H]32)C(=O)C(C)=CC4=O)C1=O. The number of methoxy groups -OCH3 is 2. The maximum Gasteiger partial charge on any atom is 0.423 e. The van der Waals surface area contributed by atoms with Crippen LogP contribution in [0.2, 0.25) is 0 Å². The predicted octanol–water partition coefficient (Wildman–Crippen LogP) is 3.36. The van der Waals surface area contributed by atoms with Gasteiger partial charge in [0.2, 0.25) is 11.8 Å². The molecular weight excluding hydrogens is 534 g/mol. The average molecular weight is 556 g/mol. The van der Waals surface area contributed by atoms with Crippen LogP contribution in [0, 0.1) is 17.8 Å². The fourth-order valence-electron chi connectivity index (χ4n) is 5.95. The van der Waals surface area contributed by atoms with E-state index in [2.05, 4.69) is 20.7 Å². The number of aromatic hydroxyl groups is 1. The standard InChI is InChI=1S/C26H22BrNO8/c1-10-6-17(29)21-15(22(10)30)9-14-12(19(21)11-7-16(27)23(31)18(8-11)35-2)4-5-13-20(14)25(33)28(24(13)32)26(34)36-3/h4,6-8,13-14,19-20,31H,5,9H2,1-3H3/t13-,14+,19-,20-/m0/s1. The van der Waals surface area contributed by atoms with Crippen molar-refractivity contribution in [3.63, 3.8) is 0 Å². The van der Waals surface area contributed by atoms with Crippen molar-refractivity contribution in [1.82, 2.24) is 4.90 Å². The van der Waals surface area contributed by atoms with Crippen LogP contribution in [0.1, 0.15) is 31.2 Å². The molecule has 10 heteroatoms. The molecule has 0 spiro atoms. The van der Waals surface area contributed by atoms with E-state index in [-0.39, 0.29) is 35.9 Å². The van der Waals surface area contributed by atoms with Crippen LogP contribution in [0.3, 0.4) is 0 Å². The van der Waals surface area contributed by atoms with Crippen molar-refractivity contribution in [2.24, 2.45) is 17.8 Å². The number of ether oxygens (including phenoxy) is 2. The normalized spacial score (nSPS) is 27.3. The third-order valence-electron chi connectivity index (χ3n) is 7.52. The summed E-state index contributed by atoms with van der Waals surface area (Å²) in [5, 5.41) is 10.3. The zero-order chi connectivity index (χ0) is 26.0. The number of carbonyl (C=O) groups excluding carboxylic acids is 5. The minimum absolute atomic E-state index is 0.0962. The summed E-state index contributed by atoms with van der Waals surface area (Å²) >= 11 is 3.33. The van der Waals surface area contributed by atoms with E-state index < -0.39 is 41.6 Å². The summed E-state index contributed by atoms with van der Waals surface area (Å²) in [7, 11) is 2.50. The van der Waals surface area contributed by atoms with E-state index in [1.807, 2.05) is 6.08 Å². The molecule has 36 heavy (non-hydrogen) atoms. The molecule has 9 nitrogen and oxygen atoms in total. The fourth-order valence-corrected chi connectivity index (χ4v) is 6.41. The van der Waals surface area contributed by atoms with Gasteiger partial charge >= 0.3 is 6.09 Å². The molecule has 1 aliphatic heterocycles. The Balaban J connectivity index is 1.71. The third-order valence-corrected chi connectivity index (χ3v) is 8.13. The molecule has 0 aromatic heterocycles. The number of nitrogens with zero attached hydrogens (tertiary/aromatic N) is 1. The number of fused-ring (bicyclic) bond motifs is 3. The number of Topliss-reactive ketones (excluding diaryl/α,β-unsaturated/α-hetero) is 1. The molecule has 0 saturated carbocycles. The molecule has 1 heterocycles. The summed E-state index contributed by atoms with van der Waals surface area (Å²) in [6.07, 6.45) is 2.40. The van der Waals surface area contributed by atoms with Gasteiger partial charge in [-0.15, -0.1) is 0 Å². The maximum absolute atomic E-state index is 13.4. The van der Waals surface area contributed by atoms with Crippen LogP contribution >= 0.6 is 15.9 Å². The second kappa shape index (κ2) is 8.55. The van der Waals surface area contributed by atoms with E-state index in [9.17, 15) is 29.1 Å². The number of ketones is 2. The Labute approximate surface area is 214 Å². The molecule has 1 fully saturated rings. The molecule has 1 saturated heterocycles. The van der Waals surface area contributed by atoms with Crippen molar-refractivity contribution in [1.29, 1.82) is 0 Å². The Bertz CT molecular complexity index is 1370. The first-order chi connectivity index (χ1) is 17.1. The summed E-state index contributed by atoms with van der Waals surface area (Å²) in [5.41, 5.74) is 2.21. The zero-order valence-corrected chi connectivity index (χ0v) is 21.2. The van der Waals surface area contributed by atoms with Crippen molar-refractivity contribution < 1.29 is 38.6 Å². The van der Waals surface area contributed by atoms with Crippen LogP contribution in [0.15, 0.2) is 51.0 Å². The number of hydrogen-bond donors (Lipinski definition) is 1. The van der Waals surface area contributed by atoms with Gasteiger partial charge in [-0.1, -0.05) is 11.6 Å².